The van der Waals surface area contributed by atoms with E-state index in [2.05, 4.69) is 82.2 Å². The molecule has 3 aromatic heterocycles. The van der Waals surface area contributed by atoms with Gasteiger partial charge in [0.1, 0.15) is 7.05 Å². The van der Waals surface area contributed by atoms with Gasteiger partial charge in [-0.2, -0.15) is 0 Å². The van der Waals surface area contributed by atoms with E-state index in [1.165, 1.54) is 71.0 Å². The number of benzene rings is 2. The van der Waals surface area contributed by atoms with E-state index in [0.29, 0.717) is 0 Å². The summed E-state index contributed by atoms with van der Waals surface area (Å²) < 4.78 is 7.37. The Morgan fingerprint density at radius 2 is 1.77 bits per heavy atom. The van der Waals surface area contributed by atoms with Gasteiger partial charge >= 0.3 is 0 Å². The summed E-state index contributed by atoms with van der Waals surface area (Å²) in [5.41, 5.74) is 10.5. The molecule has 0 radical (unpaired) electrons. The van der Waals surface area contributed by atoms with Crippen LogP contribution >= 0.6 is 0 Å². The summed E-state index contributed by atoms with van der Waals surface area (Å²) in [7, 11) is 2.20. The third-order valence-electron chi connectivity index (χ3n) is 7.60. The summed E-state index contributed by atoms with van der Waals surface area (Å²) in [6, 6.07) is 17.7. The van der Waals surface area contributed by atoms with E-state index in [1.54, 1.807) is 0 Å². The highest BCUT2D eigenvalue weighted by Gasteiger charge is 2.47. The Kier molecular flexibility index (Phi) is 3.05. The van der Waals surface area contributed by atoms with E-state index in [-0.39, 0.29) is 5.54 Å². The minimum absolute atomic E-state index is 0.0161. The standard InChI is InChI=1S/C26H25N4/c1-17-12-13-21-24-22(17)23-18(9-8-16-28(23)2)26(14-6-3-7-15-26)30(24)25-27-19-10-4-5-11-20(19)29(21)25/h4-5,8-13,16H,3,6-7,14-15H2,1-2H3/q+1. The van der Waals surface area contributed by atoms with Crippen LogP contribution in [0.25, 0.3) is 39.1 Å². The Hall–Kier alpha value is -3.14. The van der Waals surface area contributed by atoms with Gasteiger partial charge in [-0.1, -0.05) is 37.5 Å². The van der Waals surface area contributed by atoms with Gasteiger partial charge in [0.2, 0.25) is 11.5 Å². The van der Waals surface area contributed by atoms with Gasteiger partial charge in [-0.15, -0.1) is 0 Å². The number of pyridine rings is 1. The molecule has 2 aromatic carbocycles. The van der Waals surface area contributed by atoms with Crippen LogP contribution in [0.4, 0.5) is 0 Å². The fourth-order valence-corrected chi connectivity index (χ4v) is 6.34. The van der Waals surface area contributed by atoms with Gasteiger partial charge in [-0.25, -0.2) is 9.55 Å². The van der Waals surface area contributed by atoms with Gasteiger partial charge < -0.3 is 0 Å². The predicted octanol–water partition coefficient (Wildman–Crippen LogP) is 5.26. The van der Waals surface area contributed by atoms with Crippen molar-refractivity contribution in [3.8, 4) is 11.3 Å². The van der Waals surface area contributed by atoms with Crippen molar-refractivity contribution in [1.29, 1.82) is 0 Å². The SMILES string of the molecule is Cc1ccc2c3c1-c1c(ccc[n+]1C)C1(CCCCC1)n3c1nc3ccccc3n21. The maximum Gasteiger partial charge on any atom is 0.220 e. The van der Waals surface area contributed by atoms with E-state index in [1.807, 2.05) is 0 Å². The highest BCUT2D eigenvalue weighted by molar-refractivity contribution is 6.01. The van der Waals surface area contributed by atoms with Crippen molar-refractivity contribution in [3.63, 3.8) is 0 Å². The molecule has 1 fully saturated rings. The van der Waals surface area contributed by atoms with Crippen LogP contribution in [0.3, 0.4) is 0 Å². The molecule has 5 aromatic rings. The zero-order valence-electron chi connectivity index (χ0n) is 17.5. The molecular formula is C26H25N4+. The molecule has 0 saturated heterocycles. The van der Waals surface area contributed by atoms with E-state index in [4.69, 9.17) is 4.98 Å². The number of hydrogen-bond donors (Lipinski definition) is 0. The number of para-hydroxylation sites is 2. The molecule has 1 aliphatic heterocycles. The van der Waals surface area contributed by atoms with Crippen LogP contribution in [-0.4, -0.2) is 14.0 Å². The van der Waals surface area contributed by atoms with Gasteiger partial charge in [0, 0.05) is 6.07 Å². The first kappa shape index (κ1) is 16.6. The second-order valence-electron chi connectivity index (χ2n) is 9.17. The number of hydrogen-bond acceptors (Lipinski definition) is 1. The van der Waals surface area contributed by atoms with Crippen molar-refractivity contribution < 1.29 is 4.57 Å². The van der Waals surface area contributed by atoms with Crippen LogP contribution in [0, 0.1) is 6.92 Å². The molecule has 1 saturated carbocycles. The Bertz CT molecular complexity index is 1490. The van der Waals surface area contributed by atoms with E-state index in [9.17, 15) is 0 Å². The second kappa shape index (κ2) is 5.51. The number of rotatable bonds is 0. The lowest BCUT2D eigenvalue weighted by Crippen LogP contribution is -2.44. The predicted molar refractivity (Wildman–Crippen MR) is 120 cm³/mol. The van der Waals surface area contributed by atoms with Gasteiger partial charge in [-0.3, -0.25) is 8.97 Å². The molecule has 0 N–H and O–H groups in total. The van der Waals surface area contributed by atoms with Crippen LogP contribution in [-0.2, 0) is 12.6 Å². The van der Waals surface area contributed by atoms with Crippen LogP contribution in [0.15, 0.2) is 54.7 Å². The highest BCUT2D eigenvalue weighted by Crippen LogP contribution is 2.52. The van der Waals surface area contributed by atoms with Crippen molar-refractivity contribution in [2.24, 2.45) is 7.05 Å². The van der Waals surface area contributed by atoms with E-state index < -0.39 is 0 Å². The normalized spacial score (nSPS) is 17.3. The molecular weight excluding hydrogens is 368 g/mol. The summed E-state index contributed by atoms with van der Waals surface area (Å²) in [5, 5.41) is 0. The second-order valence-corrected chi connectivity index (χ2v) is 9.17. The number of imidazole rings is 2. The largest absolute Gasteiger partial charge is 0.298 e. The zero-order valence-corrected chi connectivity index (χ0v) is 17.5. The first-order chi connectivity index (χ1) is 14.7. The first-order valence-corrected chi connectivity index (χ1v) is 11.1. The summed E-state index contributed by atoms with van der Waals surface area (Å²) in [5.74, 6) is 1.09. The number of fused-ring (bicyclic) bond motifs is 9. The Morgan fingerprint density at radius 3 is 2.63 bits per heavy atom. The van der Waals surface area contributed by atoms with Gasteiger partial charge in [0.25, 0.3) is 0 Å². The minimum atomic E-state index is -0.0161. The van der Waals surface area contributed by atoms with Crippen LogP contribution in [0.5, 0.6) is 0 Å². The molecule has 30 heavy (non-hydrogen) atoms. The molecule has 0 bridgehead atoms. The number of aryl methyl sites for hydroxylation is 2. The average Bonchev–Trinajstić information content (AvgIpc) is 3.29. The minimum Gasteiger partial charge on any atom is -0.298 e. The van der Waals surface area contributed by atoms with Crippen molar-refractivity contribution in [3.05, 3.63) is 65.9 Å². The quantitative estimate of drug-likeness (QED) is 0.330. The van der Waals surface area contributed by atoms with Crippen molar-refractivity contribution in [1.82, 2.24) is 14.0 Å². The summed E-state index contributed by atoms with van der Waals surface area (Å²) in [6.07, 6.45) is 8.43. The summed E-state index contributed by atoms with van der Waals surface area (Å²) in [4.78, 5) is 5.19. The zero-order chi connectivity index (χ0) is 20.0. The fourth-order valence-electron chi connectivity index (χ4n) is 6.34. The summed E-state index contributed by atoms with van der Waals surface area (Å²) in [6.45, 7) is 2.25. The molecule has 4 nitrogen and oxygen atoms in total. The topological polar surface area (TPSA) is 26.1 Å². The molecule has 1 spiro atoms. The fraction of sp³-hybridized carbons (Fsp3) is 0.308. The van der Waals surface area contributed by atoms with Crippen molar-refractivity contribution in [2.75, 3.05) is 0 Å². The Morgan fingerprint density at radius 1 is 0.933 bits per heavy atom. The summed E-state index contributed by atoms with van der Waals surface area (Å²) >= 11 is 0. The molecule has 1 aliphatic carbocycles. The van der Waals surface area contributed by atoms with Crippen LogP contribution < -0.4 is 4.57 Å². The smallest absolute Gasteiger partial charge is 0.220 e. The Balaban J connectivity index is 1.79. The third-order valence-corrected chi connectivity index (χ3v) is 7.60. The molecule has 0 unspecified atom stereocenters. The lowest BCUT2D eigenvalue weighted by atomic mass is 9.72. The maximum absolute atomic E-state index is 5.19. The molecule has 4 heterocycles. The molecule has 0 amide bonds. The van der Waals surface area contributed by atoms with Gasteiger partial charge in [0.15, 0.2) is 6.20 Å². The van der Waals surface area contributed by atoms with Crippen LogP contribution in [0.1, 0.15) is 43.2 Å². The lowest BCUT2D eigenvalue weighted by Gasteiger charge is -2.42. The van der Waals surface area contributed by atoms with Crippen LogP contribution in [0.2, 0.25) is 0 Å². The van der Waals surface area contributed by atoms with Crippen molar-refractivity contribution >= 4 is 27.8 Å². The van der Waals surface area contributed by atoms with E-state index in [0.717, 1.165) is 11.3 Å². The molecule has 7 rings (SSSR count). The number of nitrogens with zero attached hydrogens (tertiary/aromatic N) is 4. The molecule has 2 aliphatic rings. The monoisotopic (exact) mass is 393 g/mol. The molecule has 148 valence electrons. The average molecular weight is 394 g/mol. The molecule has 0 atom stereocenters. The number of aromatic nitrogens is 4. The Labute approximate surface area is 175 Å². The maximum atomic E-state index is 5.19. The van der Waals surface area contributed by atoms with Crippen molar-refractivity contribution in [2.45, 2.75) is 44.6 Å². The van der Waals surface area contributed by atoms with E-state index >= 15 is 0 Å². The third kappa shape index (κ3) is 1.79. The lowest BCUT2D eigenvalue weighted by molar-refractivity contribution is -0.661. The van der Waals surface area contributed by atoms with Gasteiger partial charge in [0.05, 0.1) is 38.7 Å². The highest BCUT2D eigenvalue weighted by atomic mass is 15.3. The van der Waals surface area contributed by atoms with Gasteiger partial charge in [-0.05, 0) is 49.6 Å². The molecule has 4 heteroatoms. The first-order valence-electron chi connectivity index (χ1n) is 11.1.